The Bertz CT molecular complexity index is 955. The van der Waals surface area contributed by atoms with Crippen LogP contribution >= 0.6 is 11.6 Å². The van der Waals surface area contributed by atoms with Crippen molar-refractivity contribution in [2.75, 3.05) is 4.90 Å². The number of anilines is 1. The first kappa shape index (κ1) is 19.3. The number of para-hydroxylation sites is 1. The molecule has 2 heterocycles. The normalized spacial score (nSPS) is 18.1. The Labute approximate surface area is 166 Å². The van der Waals surface area contributed by atoms with Crippen LogP contribution in [-0.2, 0) is 9.53 Å². The van der Waals surface area contributed by atoms with Gasteiger partial charge in [-0.05, 0) is 31.2 Å². The topological polar surface area (TPSA) is 81.1 Å². The molecule has 8 heteroatoms. The van der Waals surface area contributed by atoms with Crippen LogP contribution < -0.4 is 9.64 Å². The van der Waals surface area contributed by atoms with Crippen LogP contribution in [0.25, 0.3) is 0 Å². The molecule has 0 saturated carbocycles. The molecule has 0 aliphatic carbocycles. The van der Waals surface area contributed by atoms with Gasteiger partial charge in [0.05, 0.1) is 10.6 Å². The molecule has 1 aromatic heterocycles. The second-order valence-electron chi connectivity index (χ2n) is 5.62. The van der Waals surface area contributed by atoms with Crippen molar-refractivity contribution in [3.05, 3.63) is 78.1 Å². The zero-order chi connectivity index (χ0) is 20.1. The van der Waals surface area contributed by atoms with E-state index < -0.39 is 18.3 Å². The number of halogens is 1. The highest BCUT2D eigenvalue weighted by Crippen LogP contribution is 2.28. The van der Waals surface area contributed by atoms with Gasteiger partial charge in [-0.15, -0.1) is 0 Å². The van der Waals surface area contributed by atoms with Crippen molar-refractivity contribution in [1.29, 1.82) is 0 Å². The van der Waals surface area contributed by atoms with Gasteiger partial charge in [-0.2, -0.15) is 0 Å². The summed E-state index contributed by atoms with van der Waals surface area (Å²) in [7, 11) is 0. The molecule has 142 valence electrons. The molecule has 28 heavy (non-hydrogen) atoms. The van der Waals surface area contributed by atoms with Crippen molar-refractivity contribution < 1.29 is 19.1 Å². The fourth-order valence-electron chi connectivity index (χ4n) is 2.47. The number of carbonyl (C=O) groups is 2. The fraction of sp³-hybridized carbons (Fsp3) is 0.100. The van der Waals surface area contributed by atoms with Gasteiger partial charge < -0.3 is 9.47 Å². The van der Waals surface area contributed by atoms with Crippen molar-refractivity contribution >= 4 is 35.2 Å². The number of pyridine rings is 1. The van der Waals surface area contributed by atoms with Crippen LogP contribution in [0.5, 0.6) is 5.75 Å². The summed E-state index contributed by atoms with van der Waals surface area (Å²) in [5.41, 5.74) is 0.275. The first-order valence-electron chi connectivity index (χ1n) is 8.28. The summed E-state index contributed by atoms with van der Waals surface area (Å²) in [5.74, 6) is 0.0492. The standard InChI is InChI=1S/C20H16ClN3O4/c1-3-11-22-17-13(2)18(25)24(16-10-9-14(21)12-23-16)19(17)28-20(26)27-15-7-5-4-6-8-15/h3-12,19H,2H2,1H3/b11-3-,22-17?. The van der Waals surface area contributed by atoms with Gasteiger partial charge in [0, 0.05) is 12.4 Å². The lowest BCUT2D eigenvalue weighted by Crippen LogP contribution is -2.40. The van der Waals surface area contributed by atoms with E-state index in [1.807, 2.05) is 0 Å². The van der Waals surface area contributed by atoms with E-state index in [1.165, 1.54) is 23.4 Å². The van der Waals surface area contributed by atoms with Crippen molar-refractivity contribution in [2.45, 2.75) is 13.2 Å². The van der Waals surface area contributed by atoms with Crippen LogP contribution in [0, 0.1) is 0 Å². The van der Waals surface area contributed by atoms with Crippen molar-refractivity contribution in [3.8, 4) is 5.75 Å². The Balaban J connectivity index is 1.92. The van der Waals surface area contributed by atoms with Crippen LogP contribution in [0.15, 0.2) is 78.1 Å². The molecule has 1 amide bonds. The van der Waals surface area contributed by atoms with Gasteiger partial charge in [-0.3, -0.25) is 9.79 Å². The Morgan fingerprint density at radius 1 is 1.29 bits per heavy atom. The zero-order valence-corrected chi connectivity index (χ0v) is 15.7. The van der Waals surface area contributed by atoms with Crippen LogP contribution in [0.1, 0.15) is 6.92 Å². The molecule has 1 aromatic carbocycles. The van der Waals surface area contributed by atoms with E-state index in [1.54, 1.807) is 49.4 Å². The molecule has 0 spiro atoms. The Kier molecular flexibility index (Phi) is 5.86. The molecule has 2 aromatic rings. The third kappa shape index (κ3) is 4.10. The number of ether oxygens (including phenoxy) is 2. The summed E-state index contributed by atoms with van der Waals surface area (Å²) in [6.07, 6.45) is 2.36. The van der Waals surface area contributed by atoms with Crippen molar-refractivity contribution in [3.63, 3.8) is 0 Å². The highest BCUT2D eigenvalue weighted by Gasteiger charge is 2.44. The van der Waals surface area contributed by atoms with E-state index in [-0.39, 0.29) is 17.1 Å². The van der Waals surface area contributed by atoms with E-state index in [2.05, 4.69) is 16.6 Å². The van der Waals surface area contributed by atoms with Crippen LogP contribution in [0.2, 0.25) is 5.02 Å². The summed E-state index contributed by atoms with van der Waals surface area (Å²) in [6, 6.07) is 11.5. The number of rotatable bonds is 4. The van der Waals surface area contributed by atoms with Gasteiger partial charge >= 0.3 is 6.16 Å². The van der Waals surface area contributed by atoms with Crippen LogP contribution in [0.3, 0.4) is 0 Å². The number of allylic oxidation sites excluding steroid dienone is 1. The number of aliphatic imine (C=N–C) groups is 1. The predicted molar refractivity (Wildman–Crippen MR) is 105 cm³/mol. The first-order chi connectivity index (χ1) is 13.5. The quantitative estimate of drug-likeness (QED) is 0.439. The summed E-state index contributed by atoms with van der Waals surface area (Å²) < 4.78 is 10.6. The summed E-state index contributed by atoms with van der Waals surface area (Å²) in [6.45, 7) is 5.53. The van der Waals surface area contributed by atoms with Gasteiger partial charge in [0.2, 0.25) is 6.23 Å². The SMILES string of the molecule is C=C1C(=O)N(c2ccc(Cl)cn2)C(OC(=O)Oc2ccccc2)C1=N/C=C\C. The number of hydrogen-bond donors (Lipinski definition) is 0. The third-order valence-corrected chi connectivity index (χ3v) is 3.95. The number of amides is 1. The van der Waals surface area contributed by atoms with E-state index in [0.717, 1.165) is 0 Å². The monoisotopic (exact) mass is 397 g/mol. The molecule has 3 rings (SSSR count). The minimum atomic E-state index is -1.18. The molecular formula is C20H16ClN3O4. The second kappa shape index (κ2) is 8.49. The van der Waals surface area contributed by atoms with Gasteiger partial charge in [0.15, 0.2) is 0 Å². The highest BCUT2D eigenvalue weighted by atomic mass is 35.5. The highest BCUT2D eigenvalue weighted by molar-refractivity contribution is 6.34. The Hall–Kier alpha value is -3.45. The molecule has 1 atom stereocenters. The lowest BCUT2D eigenvalue weighted by Gasteiger charge is -2.22. The lowest BCUT2D eigenvalue weighted by atomic mass is 10.2. The molecule has 7 nitrogen and oxygen atoms in total. The van der Waals surface area contributed by atoms with E-state index in [0.29, 0.717) is 10.8 Å². The second-order valence-corrected chi connectivity index (χ2v) is 6.06. The van der Waals surface area contributed by atoms with E-state index in [4.69, 9.17) is 21.1 Å². The summed E-state index contributed by atoms with van der Waals surface area (Å²) >= 11 is 5.87. The third-order valence-electron chi connectivity index (χ3n) is 3.73. The number of benzene rings is 1. The molecule has 0 bridgehead atoms. The Morgan fingerprint density at radius 3 is 2.68 bits per heavy atom. The van der Waals surface area contributed by atoms with Crippen molar-refractivity contribution in [2.24, 2.45) is 4.99 Å². The maximum atomic E-state index is 12.7. The lowest BCUT2D eigenvalue weighted by molar-refractivity contribution is -0.115. The largest absolute Gasteiger partial charge is 0.516 e. The minimum absolute atomic E-state index is 0.0901. The molecule has 1 aliphatic heterocycles. The maximum absolute atomic E-state index is 12.7. The molecule has 0 radical (unpaired) electrons. The smallest absolute Gasteiger partial charge is 0.403 e. The van der Waals surface area contributed by atoms with E-state index >= 15 is 0 Å². The van der Waals surface area contributed by atoms with Gasteiger partial charge in [-0.25, -0.2) is 14.7 Å². The average Bonchev–Trinajstić information content (AvgIpc) is 2.91. The molecule has 1 saturated heterocycles. The maximum Gasteiger partial charge on any atom is 0.516 e. The number of hydrogen-bond acceptors (Lipinski definition) is 6. The van der Waals surface area contributed by atoms with Crippen LogP contribution in [0.4, 0.5) is 10.6 Å². The molecular weight excluding hydrogens is 382 g/mol. The van der Waals surface area contributed by atoms with Crippen LogP contribution in [-0.4, -0.2) is 29.0 Å². The molecule has 1 unspecified atom stereocenters. The van der Waals surface area contributed by atoms with Gasteiger partial charge in [0.25, 0.3) is 5.91 Å². The number of carbonyl (C=O) groups excluding carboxylic acids is 2. The zero-order valence-electron chi connectivity index (χ0n) is 14.9. The molecule has 1 aliphatic rings. The average molecular weight is 398 g/mol. The summed E-state index contributed by atoms with van der Waals surface area (Å²) in [4.78, 5) is 34.5. The van der Waals surface area contributed by atoms with Crippen molar-refractivity contribution in [1.82, 2.24) is 4.98 Å². The number of nitrogens with zero attached hydrogens (tertiary/aromatic N) is 3. The fourth-order valence-corrected chi connectivity index (χ4v) is 2.58. The number of aromatic nitrogens is 1. The first-order valence-corrected chi connectivity index (χ1v) is 8.66. The van der Waals surface area contributed by atoms with Gasteiger partial charge in [-0.1, -0.05) is 42.5 Å². The molecule has 1 fully saturated rings. The molecule has 0 N–H and O–H groups in total. The Morgan fingerprint density at radius 2 is 2.04 bits per heavy atom. The van der Waals surface area contributed by atoms with Gasteiger partial charge in [0.1, 0.15) is 17.3 Å². The summed E-state index contributed by atoms with van der Waals surface area (Å²) in [5, 5.41) is 0.401. The predicted octanol–water partition coefficient (Wildman–Crippen LogP) is 4.15. The minimum Gasteiger partial charge on any atom is -0.403 e. The van der Waals surface area contributed by atoms with E-state index in [9.17, 15) is 9.59 Å².